The molecular formula is C13H9ClF3NO. The molecule has 0 saturated carbocycles. The van der Waals surface area contributed by atoms with E-state index in [9.17, 15) is 13.2 Å². The van der Waals surface area contributed by atoms with E-state index in [1.54, 1.807) is 24.3 Å². The molecule has 2 rings (SSSR count). The number of alkyl halides is 3. The molecule has 6 heteroatoms. The number of benzene rings is 2. The third kappa shape index (κ3) is 3.32. The van der Waals surface area contributed by atoms with Crippen molar-refractivity contribution >= 4 is 17.3 Å². The summed E-state index contributed by atoms with van der Waals surface area (Å²) in [5.74, 6) is -0.302. The van der Waals surface area contributed by atoms with E-state index in [2.05, 4.69) is 4.74 Å². The lowest BCUT2D eigenvalue weighted by atomic mass is 10.0. The van der Waals surface area contributed by atoms with Gasteiger partial charge in [-0.15, -0.1) is 13.2 Å². The van der Waals surface area contributed by atoms with Crippen molar-refractivity contribution in [2.45, 2.75) is 6.36 Å². The highest BCUT2D eigenvalue weighted by Gasteiger charge is 2.31. The monoisotopic (exact) mass is 287 g/mol. The van der Waals surface area contributed by atoms with E-state index in [4.69, 9.17) is 17.3 Å². The van der Waals surface area contributed by atoms with Crippen LogP contribution in [0.25, 0.3) is 11.1 Å². The molecule has 2 aromatic carbocycles. The Morgan fingerprint density at radius 2 is 1.74 bits per heavy atom. The Balaban J connectivity index is 2.41. The van der Waals surface area contributed by atoms with Gasteiger partial charge in [0.2, 0.25) is 0 Å². The van der Waals surface area contributed by atoms with E-state index >= 15 is 0 Å². The van der Waals surface area contributed by atoms with Crippen molar-refractivity contribution < 1.29 is 17.9 Å². The number of para-hydroxylation sites is 1. The summed E-state index contributed by atoms with van der Waals surface area (Å²) in [6.45, 7) is 0. The van der Waals surface area contributed by atoms with Gasteiger partial charge in [0.15, 0.2) is 0 Å². The van der Waals surface area contributed by atoms with Gasteiger partial charge < -0.3 is 10.5 Å². The molecule has 0 aliphatic rings. The zero-order valence-corrected chi connectivity index (χ0v) is 10.3. The smallest absolute Gasteiger partial charge is 0.406 e. The van der Waals surface area contributed by atoms with Crippen molar-refractivity contribution in [1.29, 1.82) is 0 Å². The predicted molar refractivity (Wildman–Crippen MR) is 68.0 cm³/mol. The topological polar surface area (TPSA) is 35.2 Å². The highest BCUT2D eigenvalue weighted by Crippen LogP contribution is 2.34. The lowest BCUT2D eigenvalue weighted by Crippen LogP contribution is -2.17. The molecule has 19 heavy (non-hydrogen) atoms. The molecule has 0 saturated heterocycles. The van der Waals surface area contributed by atoms with Gasteiger partial charge in [-0.25, -0.2) is 0 Å². The van der Waals surface area contributed by atoms with Gasteiger partial charge in [0.1, 0.15) is 5.75 Å². The number of hydrogen-bond acceptors (Lipinski definition) is 2. The first-order valence-electron chi connectivity index (χ1n) is 5.27. The van der Waals surface area contributed by atoms with Gasteiger partial charge in [-0.05, 0) is 23.8 Å². The second-order valence-corrected chi connectivity index (χ2v) is 4.18. The molecule has 2 nitrogen and oxygen atoms in total. The third-order valence-corrected chi connectivity index (χ3v) is 2.76. The quantitative estimate of drug-likeness (QED) is 0.826. The standard InChI is InChI=1S/C13H9ClF3NO/c14-11-6-2-5-10(12(11)18)8-3-1-4-9(7-8)19-13(15,16)17/h1-7H,18H2. The Labute approximate surface area is 112 Å². The number of rotatable bonds is 2. The molecule has 2 aromatic rings. The largest absolute Gasteiger partial charge is 0.573 e. The van der Waals surface area contributed by atoms with E-state index in [1.165, 1.54) is 18.2 Å². The van der Waals surface area contributed by atoms with Crippen molar-refractivity contribution in [2.75, 3.05) is 5.73 Å². The molecule has 0 fully saturated rings. The van der Waals surface area contributed by atoms with Crippen LogP contribution in [0.3, 0.4) is 0 Å². The highest BCUT2D eigenvalue weighted by atomic mass is 35.5. The second-order valence-electron chi connectivity index (χ2n) is 3.78. The van der Waals surface area contributed by atoms with Gasteiger partial charge in [0.05, 0.1) is 10.7 Å². The summed E-state index contributed by atoms with van der Waals surface area (Å²) in [6.07, 6.45) is -4.72. The van der Waals surface area contributed by atoms with Crippen molar-refractivity contribution in [3.8, 4) is 16.9 Å². The molecule has 0 bridgehead atoms. The molecule has 0 atom stereocenters. The van der Waals surface area contributed by atoms with Crippen LogP contribution in [-0.2, 0) is 0 Å². The Bertz CT molecular complexity index is 599. The van der Waals surface area contributed by atoms with Gasteiger partial charge in [0.25, 0.3) is 0 Å². The SMILES string of the molecule is Nc1c(Cl)cccc1-c1cccc(OC(F)(F)F)c1. The summed E-state index contributed by atoms with van der Waals surface area (Å²) in [7, 11) is 0. The van der Waals surface area contributed by atoms with Crippen LogP contribution in [-0.4, -0.2) is 6.36 Å². The summed E-state index contributed by atoms with van der Waals surface area (Å²) >= 11 is 5.87. The molecule has 0 unspecified atom stereocenters. The minimum atomic E-state index is -4.72. The number of nitrogen functional groups attached to an aromatic ring is 1. The van der Waals surface area contributed by atoms with Crippen LogP contribution in [0.1, 0.15) is 0 Å². The van der Waals surface area contributed by atoms with E-state index in [0.29, 0.717) is 21.8 Å². The first-order valence-corrected chi connectivity index (χ1v) is 5.65. The Morgan fingerprint density at radius 3 is 2.42 bits per heavy atom. The lowest BCUT2D eigenvalue weighted by molar-refractivity contribution is -0.274. The molecule has 0 aromatic heterocycles. The number of hydrogen-bond donors (Lipinski definition) is 1. The maximum atomic E-state index is 12.2. The van der Waals surface area contributed by atoms with Gasteiger partial charge in [0, 0.05) is 5.56 Å². The van der Waals surface area contributed by atoms with Crippen molar-refractivity contribution in [3.05, 3.63) is 47.5 Å². The van der Waals surface area contributed by atoms with Crippen LogP contribution in [0.4, 0.5) is 18.9 Å². The Kier molecular flexibility index (Phi) is 3.57. The van der Waals surface area contributed by atoms with E-state index < -0.39 is 6.36 Å². The number of ether oxygens (including phenoxy) is 1. The molecule has 0 amide bonds. The van der Waals surface area contributed by atoms with Crippen molar-refractivity contribution in [3.63, 3.8) is 0 Å². The number of halogens is 4. The third-order valence-electron chi connectivity index (χ3n) is 2.43. The Hall–Kier alpha value is -1.88. The van der Waals surface area contributed by atoms with Crippen molar-refractivity contribution in [1.82, 2.24) is 0 Å². The summed E-state index contributed by atoms with van der Waals surface area (Å²) in [6, 6.07) is 10.5. The summed E-state index contributed by atoms with van der Waals surface area (Å²) in [5, 5.41) is 0.347. The van der Waals surface area contributed by atoms with E-state index in [0.717, 1.165) is 0 Å². The highest BCUT2D eigenvalue weighted by molar-refractivity contribution is 6.33. The van der Waals surface area contributed by atoms with Crippen LogP contribution in [0.2, 0.25) is 5.02 Å². The average molecular weight is 288 g/mol. The lowest BCUT2D eigenvalue weighted by Gasteiger charge is -2.11. The van der Waals surface area contributed by atoms with Crippen molar-refractivity contribution in [2.24, 2.45) is 0 Å². The first-order chi connectivity index (χ1) is 8.87. The molecule has 0 radical (unpaired) electrons. The van der Waals surface area contributed by atoms with E-state index in [-0.39, 0.29) is 5.75 Å². The summed E-state index contributed by atoms with van der Waals surface area (Å²) in [5.41, 5.74) is 7.17. The molecule has 100 valence electrons. The Morgan fingerprint density at radius 1 is 1.05 bits per heavy atom. The number of anilines is 1. The van der Waals surface area contributed by atoms with E-state index in [1.807, 2.05) is 0 Å². The molecule has 2 N–H and O–H groups in total. The van der Waals surface area contributed by atoms with Crippen LogP contribution in [0.5, 0.6) is 5.75 Å². The van der Waals surface area contributed by atoms with Gasteiger partial charge in [-0.1, -0.05) is 35.9 Å². The fraction of sp³-hybridized carbons (Fsp3) is 0.0769. The first kappa shape index (κ1) is 13.5. The fourth-order valence-corrected chi connectivity index (χ4v) is 1.82. The van der Waals surface area contributed by atoms with Crippen LogP contribution < -0.4 is 10.5 Å². The zero-order chi connectivity index (χ0) is 14.0. The molecule has 0 spiro atoms. The van der Waals surface area contributed by atoms with Crippen LogP contribution in [0, 0.1) is 0 Å². The van der Waals surface area contributed by atoms with Gasteiger partial charge in [-0.2, -0.15) is 0 Å². The predicted octanol–water partition coefficient (Wildman–Crippen LogP) is 4.49. The normalized spacial score (nSPS) is 11.4. The molecule has 0 heterocycles. The summed E-state index contributed by atoms with van der Waals surface area (Å²) < 4.78 is 40.3. The maximum absolute atomic E-state index is 12.2. The van der Waals surface area contributed by atoms with Gasteiger partial charge >= 0.3 is 6.36 Å². The fourth-order valence-electron chi connectivity index (χ4n) is 1.65. The molecule has 0 aliphatic heterocycles. The molecule has 0 aliphatic carbocycles. The number of nitrogens with two attached hydrogens (primary N) is 1. The van der Waals surface area contributed by atoms with Gasteiger partial charge in [-0.3, -0.25) is 0 Å². The molecular weight excluding hydrogens is 279 g/mol. The minimum Gasteiger partial charge on any atom is -0.406 e. The van der Waals surface area contributed by atoms with Crippen LogP contribution >= 0.6 is 11.6 Å². The average Bonchev–Trinajstić information content (AvgIpc) is 2.31. The summed E-state index contributed by atoms with van der Waals surface area (Å²) in [4.78, 5) is 0. The second kappa shape index (κ2) is 5.01. The minimum absolute atomic E-state index is 0.302. The van der Waals surface area contributed by atoms with Crippen LogP contribution in [0.15, 0.2) is 42.5 Å². The maximum Gasteiger partial charge on any atom is 0.573 e. The zero-order valence-electron chi connectivity index (χ0n) is 9.54.